The Kier molecular flexibility index (Phi) is 11.2. The summed E-state index contributed by atoms with van der Waals surface area (Å²) in [7, 11) is 1.76. The Bertz CT molecular complexity index is 463. The van der Waals surface area contributed by atoms with Crippen molar-refractivity contribution in [1.82, 2.24) is 10.6 Å². The topological polar surface area (TPSA) is 88.7 Å². The highest BCUT2D eigenvalue weighted by Gasteiger charge is 1.99. The van der Waals surface area contributed by atoms with Gasteiger partial charge in [-0.15, -0.1) is 24.0 Å². The predicted octanol–water partition coefficient (Wildman–Crippen LogP) is 1.29. The van der Waals surface area contributed by atoms with E-state index in [9.17, 15) is 4.79 Å². The lowest BCUT2D eigenvalue weighted by Gasteiger charge is -2.11. The van der Waals surface area contributed by atoms with Crippen LogP contribution in [0.2, 0.25) is 0 Å². The molecule has 0 saturated carbocycles. The third-order valence-corrected chi connectivity index (χ3v) is 2.78. The van der Waals surface area contributed by atoms with Crippen LogP contribution in [0, 0.1) is 0 Å². The molecule has 1 rings (SSSR count). The third kappa shape index (κ3) is 8.71. The maximum Gasteiger partial charge on any atom is 0.255 e. The van der Waals surface area contributed by atoms with Crippen LogP contribution in [0.5, 0.6) is 5.75 Å². The van der Waals surface area contributed by atoms with Gasteiger partial charge in [0.1, 0.15) is 5.75 Å². The fourth-order valence-corrected chi connectivity index (χ4v) is 1.70. The molecule has 1 aromatic rings. The number of ether oxygens (including phenoxy) is 1. The van der Waals surface area contributed by atoms with Gasteiger partial charge in [-0.2, -0.15) is 0 Å². The number of carbonyl (C=O) groups is 1. The fourth-order valence-electron chi connectivity index (χ4n) is 1.70. The van der Waals surface area contributed by atoms with Gasteiger partial charge < -0.3 is 21.1 Å². The van der Waals surface area contributed by atoms with Crippen molar-refractivity contribution in [2.45, 2.75) is 19.8 Å². The van der Waals surface area contributed by atoms with Crippen LogP contribution in [0.25, 0.3) is 0 Å². The lowest BCUT2D eigenvalue weighted by atomic mass is 10.1. The molecule has 0 aliphatic carbocycles. The molecular weight excluding hydrogens is 395 g/mol. The molecule has 0 heterocycles. The summed E-state index contributed by atoms with van der Waals surface area (Å²) in [5.41, 5.74) is 6.20. The zero-order valence-corrected chi connectivity index (χ0v) is 15.4. The number of hydrogen-bond donors (Lipinski definition) is 3. The number of rotatable bonds is 8. The Labute approximate surface area is 148 Å². The monoisotopic (exact) mass is 420 g/mol. The smallest absolute Gasteiger partial charge is 0.255 e. The molecule has 0 atom stereocenters. The molecule has 6 nitrogen and oxygen atoms in total. The van der Waals surface area contributed by atoms with Gasteiger partial charge in [-0.3, -0.25) is 9.79 Å². The van der Waals surface area contributed by atoms with Gasteiger partial charge in [0.15, 0.2) is 12.6 Å². The van der Waals surface area contributed by atoms with Crippen molar-refractivity contribution < 1.29 is 9.53 Å². The van der Waals surface area contributed by atoms with Gasteiger partial charge in [0.05, 0.1) is 0 Å². The first kappa shape index (κ1) is 20.5. The summed E-state index contributed by atoms with van der Waals surface area (Å²) in [4.78, 5) is 14.8. The number of nitrogens with one attached hydrogen (secondary N) is 2. The first-order chi connectivity index (χ1) is 10.2. The zero-order chi connectivity index (χ0) is 15.5. The number of aliphatic imine (C=N–C) groups is 1. The largest absolute Gasteiger partial charge is 0.484 e. The molecule has 0 saturated heterocycles. The van der Waals surface area contributed by atoms with E-state index in [-0.39, 0.29) is 30.6 Å². The highest BCUT2D eigenvalue weighted by molar-refractivity contribution is 14.0. The lowest BCUT2D eigenvalue weighted by Crippen LogP contribution is -2.38. The molecule has 0 bridgehead atoms. The minimum atomic E-state index is -0.478. The molecule has 0 aliphatic heterocycles. The van der Waals surface area contributed by atoms with E-state index in [4.69, 9.17) is 10.5 Å². The number of guanidine groups is 1. The standard InChI is InChI=1S/C15H24N4O2.HI/c1-3-9-18-15(17-2)19-10-8-12-4-6-13(7-5-12)21-11-14(16)20;/h4-7H,3,8-11H2,1-2H3,(H2,16,20)(H2,17,18,19);1H. The lowest BCUT2D eigenvalue weighted by molar-refractivity contribution is -0.119. The van der Waals surface area contributed by atoms with Crippen molar-refractivity contribution >= 4 is 35.8 Å². The summed E-state index contributed by atoms with van der Waals surface area (Å²) in [5.74, 6) is 0.985. The Morgan fingerprint density at radius 3 is 2.41 bits per heavy atom. The van der Waals surface area contributed by atoms with Gasteiger partial charge in [0, 0.05) is 20.1 Å². The van der Waals surface area contributed by atoms with Crippen molar-refractivity contribution in [3.8, 4) is 5.75 Å². The zero-order valence-electron chi connectivity index (χ0n) is 13.1. The number of nitrogens with two attached hydrogens (primary N) is 1. The van der Waals surface area contributed by atoms with Gasteiger partial charge in [0.25, 0.3) is 5.91 Å². The minimum Gasteiger partial charge on any atom is -0.484 e. The predicted molar refractivity (Wildman–Crippen MR) is 99.9 cm³/mol. The first-order valence-electron chi connectivity index (χ1n) is 7.10. The van der Waals surface area contributed by atoms with E-state index < -0.39 is 5.91 Å². The number of nitrogens with zero attached hydrogens (tertiary/aromatic N) is 1. The Hall–Kier alpha value is -1.51. The van der Waals surface area contributed by atoms with Crippen molar-refractivity contribution in [3.63, 3.8) is 0 Å². The van der Waals surface area contributed by atoms with E-state index in [2.05, 4.69) is 22.5 Å². The number of halogens is 1. The van der Waals surface area contributed by atoms with Gasteiger partial charge in [-0.25, -0.2) is 0 Å². The molecule has 124 valence electrons. The van der Waals surface area contributed by atoms with Crippen molar-refractivity contribution in [2.24, 2.45) is 10.7 Å². The molecule has 0 spiro atoms. The fraction of sp³-hybridized carbons (Fsp3) is 0.467. The highest BCUT2D eigenvalue weighted by atomic mass is 127. The molecular formula is C15H25IN4O2. The van der Waals surface area contributed by atoms with E-state index >= 15 is 0 Å². The Morgan fingerprint density at radius 2 is 1.86 bits per heavy atom. The summed E-state index contributed by atoms with van der Waals surface area (Å²) in [6, 6.07) is 7.62. The number of benzene rings is 1. The second kappa shape index (κ2) is 12.1. The first-order valence-corrected chi connectivity index (χ1v) is 7.10. The Balaban J connectivity index is 0.00000441. The number of amides is 1. The quantitative estimate of drug-likeness (QED) is 0.336. The summed E-state index contributed by atoms with van der Waals surface area (Å²) in [5, 5.41) is 6.47. The molecule has 0 aromatic heterocycles. The van der Waals surface area contributed by atoms with Crippen LogP contribution in [0.3, 0.4) is 0 Å². The number of carbonyl (C=O) groups excluding carboxylic acids is 1. The van der Waals surface area contributed by atoms with Gasteiger partial charge >= 0.3 is 0 Å². The summed E-state index contributed by atoms with van der Waals surface area (Å²) >= 11 is 0. The molecule has 4 N–H and O–H groups in total. The van der Waals surface area contributed by atoms with Gasteiger partial charge in [-0.1, -0.05) is 19.1 Å². The van der Waals surface area contributed by atoms with Crippen LogP contribution < -0.4 is 21.1 Å². The highest BCUT2D eigenvalue weighted by Crippen LogP contribution is 2.12. The normalized spacial score (nSPS) is 10.5. The molecule has 1 aromatic carbocycles. The average molecular weight is 420 g/mol. The van der Waals surface area contributed by atoms with Crippen LogP contribution >= 0.6 is 24.0 Å². The third-order valence-electron chi connectivity index (χ3n) is 2.78. The Morgan fingerprint density at radius 1 is 1.23 bits per heavy atom. The summed E-state index contributed by atoms with van der Waals surface area (Å²) < 4.78 is 5.21. The maximum atomic E-state index is 10.6. The number of hydrogen-bond acceptors (Lipinski definition) is 3. The van der Waals surface area contributed by atoms with E-state index in [1.54, 1.807) is 7.05 Å². The van der Waals surface area contributed by atoms with Crippen molar-refractivity contribution in [2.75, 3.05) is 26.7 Å². The second-order valence-corrected chi connectivity index (χ2v) is 4.57. The molecule has 7 heteroatoms. The maximum absolute atomic E-state index is 10.6. The molecule has 22 heavy (non-hydrogen) atoms. The summed E-state index contributed by atoms with van der Waals surface area (Å²) in [6.45, 7) is 3.72. The van der Waals surface area contributed by atoms with Gasteiger partial charge in [0.2, 0.25) is 0 Å². The van der Waals surface area contributed by atoms with Crippen LogP contribution in [0.4, 0.5) is 0 Å². The molecule has 0 unspecified atom stereocenters. The average Bonchev–Trinajstić information content (AvgIpc) is 2.49. The number of primary amides is 1. The SMILES string of the molecule is CCCNC(=NC)NCCc1ccc(OCC(N)=O)cc1.I. The second-order valence-electron chi connectivity index (χ2n) is 4.57. The minimum absolute atomic E-state index is 0. The molecule has 0 aliphatic rings. The molecule has 0 radical (unpaired) electrons. The van der Waals surface area contributed by atoms with E-state index in [0.717, 1.165) is 31.9 Å². The summed E-state index contributed by atoms with van der Waals surface area (Å²) in [6.07, 6.45) is 1.94. The van der Waals surface area contributed by atoms with Crippen molar-refractivity contribution in [1.29, 1.82) is 0 Å². The molecule has 1 amide bonds. The van der Waals surface area contributed by atoms with E-state index in [1.165, 1.54) is 5.56 Å². The van der Waals surface area contributed by atoms with Gasteiger partial charge in [-0.05, 0) is 30.5 Å². The van der Waals surface area contributed by atoms with E-state index in [1.807, 2.05) is 24.3 Å². The van der Waals surface area contributed by atoms with E-state index in [0.29, 0.717) is 5.75 Å². The van der Waals surface area contributed by atoms with Crippen LogP contribution in [0.1, 0.15) is 18.9 Å². The molecule has 0 fully saturated rings. The van der Waals surface area contributed by atoms with Crippen LogP contribution in [-0.4, -0.2) is 38.6 Å². The van der Waals surface area contributed by atoms with Crippen molar-refractivity contribution in [3.05, 3.63) is 29.8 Å². The van der Waals surface area contributed by atoms with Crippen LogP contribution in [-0.2, 0) is 11.2 Å². The van der Waals surface area contributed by atoms with Crippen LogP contribution in [0.15, 0.2) is 29.3 Å².